The van der Waals surface area contributed by atoms with Crippen molar-refractivity contribution in [2.75, 3.05) is 13.2 Å². The van der Waals surface area contributed by atoms with Gasteiger partial charge in [-0.3, -0.25) is 14.4 Å². The van der Waals surface area contributed by atoms with Gasteiger partial charge in [0.2, 0.25) is 0 Å². The van der Waals surface area contributed by atoms with Gasteiger partial charge in [0.15, 0.2) is 6.10 Å². The molecule has 0 aliphatic heterocycles. The van der Waals surface area contributed by atoms with Gasteiger partial charge in [-0.2, -0.15) is 0 Å². The van der Waals surface area contributed by atoms with Crippen LogP contribution in [0.25, 0.3) is 0 Å². The summed E-state index contributed by atoms with van der Waals surface area (Å²) in [6.07, 6.45) is 96.4. The molecule has 0 bridgehead atoms. The fourth-order valence-electron chi connectivity index (χ4n) is 9.51. The predicted molar refractivity (Wildman–Crippen MR) is 357 cm³/mol. The molecule has 0 aliphatic carbocycles. The van der Waals surface area contributed by atoms with E-state index < -0.39 is 6.10 Å². The molecule has 0 amide bonds. The maximum absolute atomic E-state index is 12.9. The number of esters is 3. The Kier molecular flexibility index (Phi) is 65.8. The van der Waals surface area contributed by atoms with Crippen molar-refractivity contribution in [1.29, 1.82) is 0 Å². The summed E-state index contributed by atoms with van der Waals surface area (Å²) in [4.78, 5) is 38.4. The summed E-state index contributed by atoms with van der Waals surface area (Å²) in [5, 5.41) is 0. The summed E-state index contributed by atoms with van der Waals surface area (Å²) in [7, 11) is 0. The third-order valence-corrected chi connectivity index (χ3v) is 14.7. The highest BCUT2D eigenvalue weighted by molar-refractivity contribution is 5.71. The lowest BCUT2D eigenvalue weighted by Gasteiger charge is -2.18. The van der Waals surface area contributed by atoms with Crippen LogP contribution >= 0.6 is 0 Å². The van der Waals surface area contributed by atoms with Crippen molar-refractivity contribution >= 4 is 17.9 Å². The summed E-state index contributed by atoms with van der Waals surface area (Å²) in [5.74, 6) is -0.930. The van der Waals surface area contributed by atoms with Crippen molar-refractivity contribution in [3.05, 3.63) is 122 Å². The second-order valence-electron chi connectivity index (χ2n) is 22.7. The third-order valence-electron chi connectivity index (χ3n) is 14.7. The minimum absolute atomic E-state index is 0.0966. The van der Waals surface area contributed by atoms with Crippen LogP contribution in [-0.2, 0) is 28.6 Å². The van der Waals surface area contributed by atoms with Crippen LogP contribution < -0.4 is 0 Å². The molecule has 0 rings (SSSR count). The standard InChI is InChI=1S/C76H128O6/c1-4-7-10-13-16-19-22-25-28-31-34-35-36-37-38-39-40-41-43-45-48-51-54-57-60-63-66-69-75(78)81-72-73(71-80-74(77)68-65-62-59-56-53-50-47-44-33-30-27-24-21-18-15-12-9-6-3)82-76(79)70-67-64-61-58-55-52-49-46-42-32-29-26-23-20-17-14-11-8-5-2/h8,11,17,20-22,24-26,29-31,33-34,36-37,42,46,52,55,73H,4-7,9-10,12-16,18-19,23,27-28,32,35,38-41,43-45,47-51,53-54,56-72H2,1-3H3/b11-8-,20-17-,24-21-,25-22-,29-26-,33-30-,34-31-,37-36-,46-42-,55-52-. The first-order valence-electron chi connectivity index (χ1n) is 34.5. The molecule has 0 aromatic rings. The van der Waals surface area contributed by atoms with E-state index in [1.54, 1.807) is 0 Å². The van der Waals surface area contributed by atoms with Crippen LogP contribution in [0.3, 0.4) is 0 Å². The van der Waals surface area contributed by atoms with Gasteiger partial charge in [0, 0.05) is 19.3 Å². The Hall–Kier alpha value is -4.19. The molecule has 0 fully saturated rings. The number of allylic oxidation sites excluding steroid dienone is 20. The minimum Gasteiger partial charge on any atom is -0.462 e. The molecule has 0 radical (unpaired) electrons. The van der Waals surface area contributed by atoms with Crippen molar-refractivity contribution in [3.8, 4) is 0 Å². The Balaban J connectivity index is 4.41. The van der Waals surface area contributed by atoms with E-state index in [1.807, 2.05) is 0 Å². The molecule has 0 aliphatic rings. The average Bonchev–Trinajstić information content (AvgIpc) is 3.47. The average molecular weight is 1140 g/mol. The van der Waals surface area contributed by atoms with Crippen molar-refractivity contribution in [2.24, 2.45) is 0 Å². The normalized spacial score (nSPS) is 12.9. The summed E-state index contributed by atoms with van der Waals surface area (Å²) in [5.41, 5.74) is 0. The first kappa shape index (κ1) is 77.8. The number of ether oxygens (including phenoxy) is 3. The molecular weight excluding hydrogens is 1010 g/mol. The quantitative estimate of drug-likeness (QED) is 0.0261. The van der Waals surface area contributed by atoms with E-state index in [2.05, 4.69) is 142 Å². The van der Waals surface area contributed by atoms with Crippen molar-refractivity contribution in [1.82, 2.24) is 0 Å². The van der Waals surface area contributed by atoms with Gasteiger partial charge < -0.3 is 14.2 Å². The molecule has 82 heavy (non-hydrogen) atoms. The van der Waals surface area contributed by atoms with E-state index in [0.29, 0.717) is 12.8 Å². The Morgan fingerprint density at radius 1 is 0.256 bits per heavy atom. The molecule has 468 valence electrons. The largest absolute Gasteiger partial charge is 0.462 e. The van der Waals surface area contributed by atoms with Crippen molar-refractivity contribution in [2.45, 2.75) is 329 Å². The molecule has 0 saturated heterocycles. The van der Waals surface area contributed by atoms with Gasteiger partial charge in [0.25, 0.3) is 0 Å². The monoisotopic (exact) mass is 1140 g/mol. The number of hydrogen-bond acceptors (Lipinski definition) is 6. The molecular formula is C76H128O6. The van der Waals surface area contributed by atoms with Crippen LogP contribution in [0.15, 0.2) is 122 Å². The summed E-state index contributed by atoms with van der Waals surface area (Å²) in [6.45, 7) is 6.49. The molecule has 0 aromatic carbocycles. The van der Waals surface area contributed by atoms with Gasteiger partial charge in [-0.1, -0.05) is 290 Å². The molecule has 0 heterocycles. The maximum Gasteiger partial charge on any atom is 0.306 e. The highest BCUT2D eigenvalue weighted by Gasteiger charge is 2.19. The molecule has 0 N–H and O–H groups in total. The van der Waals surface area contributed by atoms with Gasteiger partial charge in [-0.25, -0.2) is 0 Å². The molecule has 6 nitrogen and oxygen atoms in total. The number of rotatable bonds is 62. The van der Waals surface area contributed by atoms with E-state index in [-0.39, 0.29) is 37.5 Å². The second kappa shape index (κ2) is 69.3. The second-order valence-corrected chi connectivity index (χ2v) is 22.7. The molecule has 0 aromatic heterocycles. The van der Waals surface area contributed by atoms with Gasteiger partial charge in [0.05, 0.1) is 0 Å². The topological polar surface area (TPSA) is 78.9 Å². The highest BCUT2D eigenvalue weighted by atomic mass is 16.6. The van der Waals surface area contributed by atoms with Crippen LogP contribution in [0.4, 0.5) is 0 Å². The Labute approximate surface area is 507 Å². The Bertz CT molecular complexity index is 1690. The van der Waals surface area contributed by atoms with Gasteiger partial charge in [-0.05, 0) is 135 Å². The summed E-state index contributed by atoms with van der Waals surface area (Å²) < 4.78 is 16.9. The lowest BCUT2D eigenvalue weighted by atomic mass is 10.0. The van der Waals surface area contributed by atoms with Crippen molar-refractivity contribution in [3.63, 3.8) is 0 Å². The van der Waals surface area contributed by atoms with E-state index in [1.165, 1.54) is 161 Å². The summed E-state index contributed by atoms with van der Waals surface area (Å²) >= 11 is 0. The van der Waals surface area contributed by atoms with E-state index in [4.69, 9.17) is 14.2 Å². The zero-order valence-corrected chi connectivity index (χ0v) is 53.7. The molecule has 1 atom stereocenters. The van der Waals surface area contributed by atoms with Crippen LogP contribution in [0, 0.1) is 0 Å². The lowest BCUT2D eigenvalue weighted by Crippen LogP contribution is -2.30. The molecule has 6 heteroatoms. The first-order chi connectivity index (χ1) is 40.5. The predicted octanol–water partition coefficient (Wildman–Crippen LogP) is 23.9. The number of carbonyl (C=O) groups is 3. The van der Waals surface area contributed by atoms with Crippen molar-refractivity contribution < 1.29 is 28.6 Å². The fourth-order valence-corrected chi connectivity index (χ4v) is 9.51. The van der Waals surface area contributed by atoms with Gasteiger partial charge in [0.1, 0.15) is 13.2 Å². The highest BCUT2D eigenvalue weighted by Crippen LogP contribution is 2.16. The first-order valence-corrected chi connectivity index (χ1v) is 34.5. The Morgan fingerprint density at radius 2 is 0.476 bits per heavy atom. The zero-order chi connectivity index (χ0) is 59.2. The van der Waals surface area contributed by atoms with Crippen LogP contribution in [0.2, 0.25) is 0 Å². The smallest absolute Gasteiger partial charge is 0.306 e. The molecule has 0 saturated carbocycles. The maximum atomic E-state index is 12.9. The fraction of sp³-hybridized carbons (Fsp3) is 0.697. The zero-order valence-electron chi connectivity index (χ0n) is 53.7. The van der Waals surface area contributed by atoms with E-state index >= 15 is 0 Å². The summed E-state index contributed by atoms with van der Waals surface area (Å²) in [6, 6.07) is 0. The van der Waals surface area contributed by atoms with Crippen LogP contribution in [0.5, 0.6) is 0 Å². The molecule has 0 spiro atoms. The van der Waals surface area contributed by atoms with Crippen LogP contribution in [0.1, 0.15) is 323 Å². The van der Waals surface area contributed by atoms with E-state index in [0.717, 1.165) is 122 Å². The SMILES string of the molecule is CC/C=C\C/C=C\C/C=C\C/C=C\C/C=C\CCCCCC(=O)OC(COC(=O)CCCCCCCCC/C=C\C/C=C\CCCCCC)COC(=O)CCCCCCCCCCCCCC/C=C\C/C=C\C/C=C\CCCCCCC. The molecule has 1 unspecified atom stereocenters. The Morgan fingerprint density at radius 3 is 0.768 bits per heavy atom. The third kappa shape index (κ3) is 66.6. The minimum atomic E-state index is -0.805. The van der Waals surface area contributed by atoms with Gasteiger partial charge >= 0.3 is 17.9 Å². The van der Waals surface area contributed by atoms with Crippen LogP contribution in [-0.4, -0.2) is 37.2 Å². The lowest BCUT2D eigenvalue weighted by molar-refractivity contribution is -0.167. The number of hydrogen-bond donors (Lipinski definition) is 0. The van der Waals surface area contributed by atoms with Gasteiger partial charge in [-0.15, -0.1) is 0 Å². The van der Waals surface area contributed by atoms with E-state index in [9.17, 15) is 14.4 Å². The number of carbonyl (C=O) groups excluding carboxylic acids is 3. The number of unbranched alkanes of at least 4 members (excludes halogenated alkanes) is 31.